The predicted octanol–water partition coefficient (Wildman–Crippen LogP) is 4.85. The van der Waals surface area contributed by atoms with Crippen LogP contribution in [0.25, 0.3) is 0 Å². The molecule has 0 saturated carbocycles. The smallest absolute Gasteiger partial charge is 0.146 e. The molecule has 0 aliphatic heterocycles. The SMILES string of the molecule is CC(C)c1cc(CCl)cc(N(C)c2ccccc2F)n1. The number of rotatable bonds is 4. The number of hydrogen-bond acceptors (Lipinski definition) is 2. The number of benzene rings is 1. The molecule has 20 heavy (non-hydrogen) atoms. The van der Waals surface area contributed by atoms with Crippen LogP contribution in [0.1, 0.15) is 31.0 Å². The molecule has 0 amide bonds. The average Bonchev–Trinajstić information content (AvgIpc) is 2.46. The normalized spacial score (nSPS) is 10.9. The van der Waals surface area contributed by atoms with Gasteiger partial charge in [0.1, 0.15) is 11.6 Å². The summed E-state index contributed by atoms with van der Waals surface area (Å²) in [5, 5.41) is 0. The van der Waals surface area contributed by atoms with E-state index in [0.29, 0.717) is 23.3 Å². The average molecular weight is 293 g/mol. The van der Waals surface area contributed by atoms with Crippen molar-refractivity contribution in [3.05, 3.63) is 53.5 Å². The fraction of sp³-hybridized carbons (Fsp3) is 0.312. The zero-order chi connectivity index (χ0) is 14.7. The van der Waals surface area contributed by atoms with Crippen molar-refractivity contribution in [2.45, 2.75) is 25.6 Å². The van der Waals surface area contributed by atoms with E-state index in [4.69, 9.17) is 11.6 Å². The Morgan fingerprint density at radius 2 is 1.95 bits per heavy atom. The maximum Gasteiger partial charge on any atom is 0.146 e. The van der Waals surface area contributed by atoms with Gasteiger partial charge in [-0.05, 0) is 35.7 Å². The van der Waals surface area contributed by atoms with Gasteiger partial charge in [0.05, 0.1) is 5.69 Å². The van der Waals surface area contributed by atoms with Gasteiger partial charge in [0, 0.05) is 18.6 Å². The van der Waals surface area contributed by atoms with Gasteiger partial charge in [-0.1, -0.05) is 26.0 Å². The van der Waals surface area contributed by atoms with Crippen molar-refractivity contribution in [3.8, 4) is 0 Å². The lowest BCUT2D eigenvalue weighted by molar-refractivity contribution is 0.627. The number of halogens is 2. The number of aromatic nitrogens is 1. The van der Waals surface area contributed by atoms with E-state index in [9.17, 15) is 4.39 Å². The van der Waals surface area contributed by atoms with Crippen molar-refractivity contribution in [2.24, 2.45) is 0 Å². The quantitative estimate of drug-likeness (QED) is 0.749. The molecule has 0 unspecified atom stereocenters. The van der Waals surface area contributed by atoms with Crippen molar-refractivity contribution in [2.75, 3.05) is 11.9 Å². The molecule has 0 bridgehead atoms. The Hall–Kier alpha value is -1.61. The second-order valence-corrected chi connectivity index (χ2v) is 5.32. The summed E-state index contributed by atoms with van der Waals surface area (Å²) in [6.45, 7) is 4.15. The summed E-state index contributed by atoms with van der Waals surface area (Å²) in [4.78, 5) is 6.35. The standard InChI is InChI=1S/C16H18ClFN2/c1-11(2)14-8-12(10-17)9-16(19-14)20(3)15-7-5-4-6-13(15)18/h4-9,11H,10H2,1-3H3. The molecule has 4 heteroatoms. The molecular weight excluding hydrogens is 275 g/mol. The molecule has 0 aliphatic rings. The van der Waals surface area contributed by atoms with Crippen LogP contribution in [0.15, 0.2) is 36.4 Å². The minimum Gasteiger partial charge on any atom is -0.327 e. The van der Waals surface area contributed by atoms with Crippen molar-refractivity contribution >= 4 is 23.1 Å². The maximum atomic E-state index is 13.9. The Balaban J connectivity index is 2.46. The Kier molecular flexibility index (Phi) is 4.61. The van der Waals surface area contributed by atoms with Crippen LogP contribution in [0.3, 0.4) is 0 Å². The molecule has 0 aliphatic carbocycles. The van der Waals surface area contributed by atoms with Gasteiger partial charge in [-0.3, -0.25) is 0 Å². The van der Waals surface area contributed by atoms with Crippen LogP contribution in [-0.4, -0.2) is 12.0 Å². The highest BCUT2D eigenvalue weighted by molar-refractivity contribution is 6.17. The molecule has 106 valence electrons. The van der Waals surface area contributed by atoms with E-state index < -0.39 is 0 Å². The zero-order valence-corrected chi connectivity index (χ0v) is 12.7. The van der Waals surface area contributed by atoms with E-state index in [0.717, 1.165) is 11.3 Å². The van der Waals surface area contributed by atoms with Gasteiger partial charge in [-0.25, -0.2) is 9.37 Å². The van der Waals surface area contributed by atoms with Crippen LogP contribution in [-0.2, 0) is 5.88 Å². The third-order valence-corrected chi connectivity index (χ3v) is 3.50. The molecule has 0 N–H and O–H groups in total. The molecule has 2 rings (SSSR count). The van der Waals surface area contributed by atoms with Gasteiger partial charge in [0.15, 0.2) is 0 Å². The molecule has 1 heterocycles. The second-order valence-electron chi connectivity index (χ2n) is 5.06. The van der Waals surface area contributed by atoms with E-state index in [1.54, 1.807) is 17.0 Å². The van der Waals surface area contributed by atoms with E-state index in [1.807, 2.05) is 25.2 Å². The Bertz CT molecular complexity index is 599. The van der Waals surface area contributed by atoms with Crippen LogP contribution in [0.5, 0.6) is 0 Å². The third kappa shape index (κ3) is 3.10. The number of pyridine rings is 1. The van der Waals surface area contributed by atoms with Crippen LogP contribution in [0.4, 0.5) is 15.9 Å². The van der Waals surface area contributed by atoms with E-state index in [2.05, 4.69) is 18.8 Å². The fourth-order valence-corrected chi connectivity index (χ4v) is 2.14. The summed E-state index contributed by atoms with van der Waals surface area (Å²) >= 11 is 5.94. The highest BCUT2D eigenvalue weighted by atomic mass is 35.5. The summed E-state index contributed by atoms with van der Waals surface area (Å²) in [5.41, 5.74) is 2.45. The first-order valence-electron chi connectivity index (χ1n) is 6.58. The van der Waals surface area contributed by atoms with E-state index in [-0.39, 0.29) is 5.82 Å². The van der Waals surface area contributed by atoms with Crippen molar-refractivity contribution in [3.63, 3.8) is 0 Å². The number of nitrogens with zero attached hydrogens (tertiary/aromatic N) is 2. The van der Waals surface area contributed by atoms with Gasteiger partial charge < -0.3 is 4.90 Å². The summed E-state index contributed by atoms with van der Waals surface area (Å²) < 4.78 is 13.9. The molecule has 2 nitrogen and oxygen atoms in total. The molecule has 0 radical (unpaired) electrons. The van der Waals surface area contributed by atoms with Gasteiger partial charge in [0.2, 0.25) is 0 Å². The lowest BCUT2D eigenvalue weighted by atomic mass is 10.1. The first-order valence-corrected chi connectivity index (χ1v) is 7.11. The highest BCUT2D eigenvalue weighted by Gasteiger charge is 2.13. The summed E-state index contributed by atoms with van der Waals surface area (Å²) in [6.07, 6.45) is 0. The van der Waals surface area contributed by atoms with Gasteiger partial charge in [0.25, 0.3) is 0 Å². The van der Waals surface area contributed by atoms with Gasteiger partial charge in [-0.15, -0.1) is 11.6 Å². The Labute approximate surface area is 124 Å². The zero-order valence-electron chi connectivity index (χ0n) is 11.9. The molecule has 1 aromatic heterocycles. The van der Waals surface area contributed by atoms with Crippen LogP contribution in [0.2, 0.25) is 0 Å². The molecule has 0 atom stereocenters. The first kappa shape index (κ1) is 14.8. The minimum absolute atomic E-state index is 0.265. The van der Waals surface area contributed by atoms with Crippen LogP contribution < -0.4 is 4.90 Å². The van der Waals surface area contributed by atoms with E-state index >= 15 is 0 Å². The van der Waals surface area contributed by atoms with Crippen LogP contribution in [0, 0.1) is 5.82 Å². The van der Waals surface area contributed by atoms with Gasteiger partial charge >= 0.3 is 0 Å². The first-order chi connectivity index (χ1) is 9.52. The van der Waals surface area contributed by atoms with Gasteiger partial charge in [-0.2, -0.15) is 0 Å². The fourth-order valence-electron chi connectivity index (χ4n) is 1.99. The molecular formula is C16H18ClFN2. The van der Waals surface area contributed by atoms with Crippen LogP contribution >= 0.6 is 11.6 Å². The monoisotopic (exact) mass is 292 g/mol. The molecule has 0 fully saturated rings. The summed E-state index contributed by atoms with van der Waals surface area (Å²) in [5.74, 6) is 1.16. The van der Waals surface area contributed by atoms with Crippen molar-refractivity contribution in [1.29, 1.82) is 0 Å². The lowest BCUT2D eigenvalue weighted by Crippen LogP contribution is -2.14. The largest absolute Gasteiger partial charge is 0.327 e. The topological polar surface area (TPSA) is 16.1 Å². The number of para-hydroxylation sites is 1. The third-order valence-electron chi connectivity index (χ3n) is 3.19. The number of anilines is 2. The molecule has 0 spiro atoms. The summed E-state index contributed by atoms with van der Waals surface area (Å²) in [7, 11) is 1.81. The van der Waals surface area contributed by atoms with Crippen molar-refractivity contribution < 1.29 is 4.39 Å². The van der Waals surface area contributed by atoms with Crippen molar-refractivity contribution in [1.82, 2.24) is 4.98 Å². The minimum atomic E-state index is -0.265. The Morgan fingerprint density at radius 3 is 2.55 bits per heavy atom. The number of alkyl halides is 1. The summed E-state index contributed by atoms with van der Waals surface area (Å²) in [6, 6.07) is 10.6. The second kappa shape index (κ2) is 6.23. The molecule has 2 aromatic rings. The Morgan fingerprint density at radius 1 is 1.25 bits per heavy atom. The molecule has 1 aromatic carbocycles. The maximum absolute atomic E-state index is 13.9. The van der Waals surface area contributed by atoms with E-state index in [1.165, 1.54) is 6.07 Å². The number of hydrogen-bond donors (Lipinski definition) is 0. The molecule has 0 saturated heterocycles. The highest BCUT2D eigenvalue weighted by Crippen LogP contribution is 2.27. The lowest BCUT2D eigenvalue weighted by Gasteiger charge is -2.21. The predicted molar refractivity (Wildman–Crippen MR) is 82.3 cm³/mol.